The third-order valence-corrected chi connectivity index (χ3v) is 4.90. The molecule has 2 aromatic carbocycles. The summed E-state index contributed by atoms with van der Waals surface area (Å²) in [5, 5.41) is 13.3. The molecule has 0 bridgehead atoms. The van der Waals surface area contributed by atoms with Gasteiger partial charge in [0, 0.05) is 10.6 Å². The fourth-order valence-electron chi connectivity index (χ4n) is 3.04. The molecule has 2 N–H and O–H groups in total. The smallest absolute Gasteiger partial charge is 0.387 e. The summed E-state index contributed by atoms with van der Waals surface area (Å²) in [7, 11) is 0. The highest BCUT2D eigenvalue weighted by atomic mass is 35.5. The van der Waals surface area contributed by atoms with Gasteiger partial charge in [-0.1, -0.05) is 41.9 Å². The van der Waals surface area contributed by atoms with Gasteiger partial charge in [-0.05, 0) is 30.7 Å². The molecule has 0 aliphatic carbocycles. The Morgan fingerprint density at radius 2 is 1.82 bits per heavy atom. The Kier molecular flexibility index (Phi) is 5.53. The van der Waals surface area contributed by atoms with E-state index in [1.165, 1.54) is 31.2 Å². The molecule has 1 fully saturated rings. The minimum atomic E-state index is -2.96. The topological polar surface area (TPSA) is 78.9 Å². The van der Waals surface area contributed by atoms with E-state index in [0.717, 1.165) is 4.90 Å². The third-order valence-electron chi connectivity index (χ3n) is 4.55. The molecule has 1 aliphatic heterocycles. The fourth-order valence-corrected chi connectivity index (χ4v) is 3.31. The van der Waals surface area contributed by atoms with Crippen molar-refractivity contribution in [3.05, 3.63) is 64.7 Å². The minimum absolute atomic E-state index is 0.0647. The van der Waals surface area contributed by atoms with Crippen molar-refractivity contribution in [1.29, 1.82) is 0 Å². The van der Waals surface area contributed by atoms with Crippen LogP contribution in [0.15, 0.2) is 48.5 Å². The zero-order valence-electron chi connectivity index (χ0n) is 14.7. The number of rotatable bonds is 6. The molecule has 3 amide bonds. The van der Waals surface area contributed by atoms with Crippen LogP contribution < -0.4 is 10.1 Å². The second-order valence-corrected chi connectivity index (χ2v) is 6.82. The van der Waals surface area contributed by atoms with Crippen molar-refractivity contribution in [2.75, 3.05) is 6.54 Å². The van der Waals surface area contributed by atoms with Gasteiger partial charge in [-0.15, -0.1) is 0 Å². The zero-order chi connectivity index (χ0) is 20.5. The largest absolute Gasteiger partial charge is 0.435 e. The van der Waals surface area contributed by atoms with Gasteiger partial charge in [-0.25, -0.2) is 4.79 Å². The summed E-state index contributed by atoms with van der Waals surface area (Å²) < 4.78 is 28.8. The molecule has 0 aromatic heterocycles. The summed E-state index contributed by atoms with van der Waals surface area (Å²) in [6.07, 6.45) is -1.16. The third kappa shape index (κ3) is 3.79. The van der Waals surface area contributed by atoms with Crippen molar-refractivity contribution in [2.45, 2.75) is 25.2 Å². The average Bonchev–Trinajstić information content (AvgIpc) is 2.86. The van der Waals surface area contributed by atoms with Gasteiger partial charge in [0.15, 0.2) is 0 Å². The van der Waals surface area contributed by atoms with Crippen molar-refractivity contribution in [2.24, 2.45) is 0 Å². The molecular formula is C19H17ClF2N2O4. The van der Waals surface area contributed by atoms with E-state index < -0.39 is 30.2 Å². The quantitative estimate of drug-likeness (QED) is 0.715. The van der Waals surface area contributed by atoms with Crippen LogP contribution in [0.1, 0.15) is 24.2 Å². The number of hydrogen-bond donors (Lipinski definition) is 2. The maximum absolute atomic E-state index is 12.9. The Morgan fingerprint density at radius 3 is 2.43 bits per heavy atom. The Bertz CT molecular complexity index is 894. The summed E-state index contributed by atoms with van der Waals surface area (Å²) in [5.41, 5.74) is -0.616. The number of carbonyl (C=O) groups excluding carboxylic acids is 2. The molecule has 1 aliphatic rings. The molecule has 2 atom stereocenters. The number of halogens is 3. The summed E-state index contributed by atoms with van der Waals surface area (Å²) in [6, 6.07) is 11.3. The first-order chi connectivity index (χ1) is 13.2. The molecule has 9 heteroatoms. The summed E-state index contributed by atoms with van der Waals surface area (Å²) in [6.45, 7) is -1.75. The van der Waals surface area contributed by atoms with Crippen molar-refractivity contribution in [3.8, 4) is 5.75 Å². The molecule has 0 saturated carbocycles. The van der Waals surface area contributed by atoms with Crippen LogP contribution in [0.25, 0.3) is 0 Å². The predicted molar refractivity (Wildman–Crippen MR) is 97.1 cm³/mol. The van der Waals surface area contributed by atoms with Crippen LogP contribution in [-0.2, 0) is 10.3 Å². The lowest BCUT2D eigenvalue weighted by Crippen LogP contribution is -2.41. The van der Waals surface area contributed by atoms with Crippen LogP contribution in [0.2, 0.25) is 5.02 Å². The van der Waals surface area contributed by atoms with E-state index in [1.807, 2.05) is 0 Å². The Labute approximate surface area is 164 Å². The lowest BCUT2D eigenvalue weighted by atomic mass is 9.92. The highest BCUT2D eigenvalue weighted by Gasteiger charge is 2.49. The van der Waals surface area contributed by atoms with Crippen molar-refractivity contribution < 1.29 is 28.2 Å². The SMILES string of the molecule is CC1(c2ccc(OC(F)F)cc2)NC(=O)N(CC(O)c2ccccc2Cl)C1=O. The number of hydrogen-bond acceptors (Lipinski definition) is 4. The molecule has 2 aromatic rings. The standard InChI is InChI=1S/C19H17ClF2N2O4/c1-19(11-6-8-12(9-7-11)28-17(21)22)16(26)24(18(27)23-19)10-15(25)13-4-2-3-5-14(13)20/h2-9,15,17,25H,10H2,1H3,(H,23,27). The lowest BCUT2D eigenvalue weighted by molar-refractivity contribution is -0.132. The molecule has 3 rings (SSSR count). The first kappa shape index (κ1) is 20.0. The summed E-state index contributed by atoms with van der Waals surface area (Å²) >= 11 is 6.05. The van der Waals surface area contributed by atoms with Crippen LogP contribution in [0.3, 0.4) is 0 Å². The highest BCUT2D eigenvalue weighted by molar-refractivity contribution is 6.31. The van der Waals surface area contributed by atoms with E-state index >= 15 is 0 Å². The van der Waals surface area contributed by atoms with E-state index in [2.05, 4.69) is 10.1 Å². The zero-order valence-corrected chi connectivity index (χ0v) is 15.5. The number of nitrogens with one attached hydrogen (secondary N) is 1. The van der Waals surface area contributed by atoms with Gasteiger partial charge in [0.25, 0.3) is 5.91 Å². The van der Waals surface area contributed by atoms with Gasteiger partial charge in [-0.2, -0.15) is 8.78 Å². The van der Waals surface area contributed by atoms with Crippen molar-refractivity contribution in [3.63, 3.8) is 0 Å². The first-order valence-corrected chi connectivity index (χ1v) is 8.72. The normalized spacial score (nSPS) is 20.4. The number of carbonyl (C=O) groups is 2. The summed E-state index contributed by atoms with van der Waals surface area (Å²) in [4.78, 5) is 26.2. The second-order valence-electron chi connectivity index (χ2n) is 6.41. The van der Waals surface area contributed by atoms with Gasteiger partial charge < -0.3 is 15.2 Å². The maximum Gasteiger partial charge on any atom is 0.387 e. The molecule has 148 valence electrons. The van der Waals surface area contributed by atoms with Crippen LogP contribution in [0.5, 0.6) is 5.75 Å². The highest BCUT2D eigenvalue weighted by Crippen LogP contribution is 2.32. The molecular weight excluding hydrogens is 394 g/mol. The molecule has 0 spiro atoms. The molecule has 1 heterocycles. The second kappa shape index (κ2) is 7.73. The van der Waals surface area contributed by atoms with Gasteiger partial charge in [0.2, 0.25) is 0 Å². The van der Waals surface area contributed by atoms with Crippen molar-refractivity contribution >= 4 is 23.5 Å². The van der Waals surface area contributed by atoms with Crippen LogP contribution in [0.4, 0.5) is 13.6 Å². The maximum atomic E-state index is 12.9. The number of β-amino-alcohol motifs (C(OH)–C–C–N with tert-alkyl or cyclic N) is 1. The van der Waals surface area contributed by atoms with E-state index in [9.17, 15) is 23.5 Å². The first-order valence-electron chi connectivity index (χ1n) is 8.34. The number of ether oxygens (including phenoxy) is 1. The Morgan fingerprint density at radius 1 is 1.18 bits per heavy atom. The van der Waals surface area contributed by atoms with Gasteiger partial charge in [0.1, 0.15) is 11.3 Å². The van der Waals surface area contributed by atoms with Crippen LogP contribution in [-0.4, -0.2) is 35.1 Å². The molecule has 1 saturated heterocycles. The lowest BCUT2D eigenvalue weighted by Gasteiger charge is -2.23. The Hall–Kier alpha value is -2.71. The number of alkyl halides is 2. The molecule has 6 nitrogen and oxygen atoms in total. The average molecular weight is 411 g/mol. The number of imide groups is 1. The van der Waals surface area contributed by atoms with E-state index in [0.29, 0.717) is 16.1 Å². The number of urea groups is 1. The van der Waals surface area contributed by atoms with Gasteiger partial charge in [0.05, 0.1) is 12.6 Å². The number of benzene rings is 2. The van der Waals surface area contributed by atoms with E-state index in [4.69, 9.17) is 11.6 Å². The number of amides is 3. The fraction of sp³-hybridized carbons (Fsp3) is 0.263. The number of aliphatic hydroxyl groups excluding tert-OH is 1. The van der Waals surface area contributed by atoms with Crippen LogP contribution >= 0.6 is 11.6 Å². The Balaban J connectivity index is 1.79. The van der Waals surface area contributed by atoms with Crippen molar-refractivity contribution in [1.82, 2.24) is 10.2 Å². The molecule has 0 radical (unpaired) electrons. The van der Waals surface area contributed by atoms with Gasteiger partial charge in [-0.3, -0.25) is 9.69 Å². The summed E-state index contributed by atoms with van der Waals surface area (Å²) in [5.74, 6) is -0.642. The van der Waals surface area contributed by atoms with E-state index in [1.54, 1.807) is 24.3 Å². The van der Waals surface area contributed by atoms with E-state index in [-0.39, 0.29) is 12.3 Å². The number of nitrogens with zero attached hydrogens (tertiary/aromatic N) is 1. The predicted octanol–water partition coefficient (Wildman–Crippen LogP) is 3.44. The van der Waals surface area contributed by atoms with Gasteiger partial charge >= 0.3 is 12.6 Å². The molecule has 28 heavy (non-hydrogen) atoms. The minimum Gasteiger partial charge on any atom is -0.435 e. The molecule has 2 unspecified atom stereocenters. The number of aliphatic hydroxyl groups is 1. The van der Waals surface area contributed by atoms with Crippen LogP contribution in [0, 0.1) is 0 Å². The monoisotopic (exact) mass is 410 g/mol.